The van der Waals surface area contributed by atoms with Gasteiger partial charge in [-0.1, -0.05) is 48.5 Å². The van der Waals surface area contributed by atoms with E-state index in [1.165, 1.54) is 11.1 Å². The lowest BCUT2D eigenvalue weighted by molar-refractivity contribution is 1.06. The van der Waals surface area contributed by atoms with E-state index < -0.39 is 0 Å². The van der Waals surface area contributed by atoms with Gasteiger partial charge in [-0.2, -0.15) is 0 Å². The first kappa shape index (κ1) is 11.2. The van der Waals surface area contributed by atoms with Crippen LogP contribution in [0.2, 0.25) is 0 Å². The van der Waals surface area contributed by atoms with Crippen LogP contribution < -0.4 is 11.5 Å². The average Bonchev–Trinajstić information content (AvgIpc) is 2.38. The quantitative estimate of drug-likeness (QED) is 0.620. The van der Waals surface area contributed by atoms with E-state index in [0.29, 0.717) is 6.54 Å². The van der Waals surface area contributed by atoms with Crippen molar-refractivity contribution in [2.45, 2.75) is 6.54 Å². The Morgan fingerprint density at radius 1 is 0.882 bits per heavy atom. The van der Waals surface area contributed by atoms with E-state index in [2.05, 4.69) is 29.3 Å². The fourth-order valence-electron chi connectivity index (χ4n) is 1.66. The lowest BCUT2D eigenvalue weighted by atomic mass is 10.0. The number of aliphatic imine (C=N–C) groups is 1. The maximum Gasteiger partial charge on any atom is 0.186 e. The number of benzene rings is 2. The summed E-state index contributed by atoms with van der Waals surface area (Å²) in [7, 11) is 0. The second kappa shape index (κ2) is 5.16. The lowest BCUT2D eigenvalue weighted by Crippen LogP contribution is -2.22. The molecule has 0 fully saturated rings. The van der Waals surface area contributed by atoms with Gasteiger partial charge >= 0.3 is 0 Å². The Labute approximate surface area is 101 Å². The number of hydrogen-bond acceptors (Lipinski definition) is 1. The van der Waals surface area contributed by atoms with Gasteiger partial charge in [-0.3, -0.25) is 0 Å². The van der Waals surface area contributed by atoms with E-state index in [4.69, 9.17) is 11.5 Å². The molecule has 0 aliphatic carbocycles. The summed E-state index contributed by atoms with van der Waals surface area (Å²) in [6.07, 6.45) is 0. The van der Waals surface area contributed by atoms with Crippen LogP contribution in [0.5, 0.6) is 0 Å². The van der Waals surface area contributed by atoms with Crippen molar-refractivity contribution < 1.29 is 0 Å². The number of nitrogens with zero attached hydrogens (tertiary/aromatic N) is 1. The summed E-state index contributed by atoms with van der Waals surface area (Å²) in [5.41, 5.74) is 14.1. The first-order valence-electron chi connectivity index (χ1n) is 5.45. The molecule has 2 rings (SSSR count). The van der Waals surface area contributed by atoms with Crippen molar-refractivity contribution in [1.82, 2.24) is 0 Å². The van der Waals surface area contributed by atoms with Crippen LogP contribution in [0.3, 0.4) is 0 Å². The highest BCUT2D eigenvalue weighted by molar-refractivity contribution is 5.75. The Hall–Kier alpha value is -2.29. The minimum absolute atomic E-state index is 0.120. The highest BCUT2D eigenvalue weighted by Gasteiger charge is 1.98. The van der Waals surface area contributed by atoms with Gasteiger partial charge in [0.2, 0.25) is 0 Å². The van der Waals surface area contributed by atoms with Crippen molar-refractivity contribution in [2.75, 3.05) is 0 Å². The summed E-state index contributed by atoms with van der Waals surface area (Å²) < 4.78 is 0. The Balaban J connectivity index is 2.26. The molecule has 0 aliphatic rings. The first-order chi connectivity index (χ1) is 8.25. The zero-order valence-corrected chi connectivity index (χ0v) is 9.51. The maximum absolute atomic E-state index is 5.32. The number of hydrogen-bond donors (Lipinski definition) is 2. The molecule has 0 radical (unpaired) electrons. The van der Waals surface area contributed by atoms with Crippen LogP contribution in [-0.4, -0.2) is 5.96 Å². The van der Waals surface area contributed by atoms with Gasteiger partial charge in [-0.15, -0.1) is 0 Å². The van der Waals surface area contributed by atoms with E-state index in [9.17, 15) is 0 Å². The van der Waals surface area contributed by atoms with E-state index in [0.717, 1.165) is 5.56 Å². The van der Waals surface area contributed by atoms with Gasteiger partial charge in [0.25, 0.3) is 0 Å². The van der Waals surface area contributed by atoms with Crippen molar-refractivity contribution in [3.05, 3.63) is 60.2 Å². The molecule has 3 nitrogen and oxygen atoms in total. The minimum Gasteiger partial charge on any atom is -0.370 e. The molecule has 0 atom stereocenters. The molecule has 0 spiro atoms. The summed E-state index contributed by atoms with van der Waals surface area (Å²) in [5, 5.41) is 0. The monoisotopic (exact) mass is 225 g/mol. The summed E-state index contributed by atoms with van der Waals surface area (Å²) in [4.78, 5) is 4.00. The van der Waals surface area contributed by atoms with Crippen LogP contribution in [0.25, 0.3) is 11.1 Å². The fourth-order valence-corrected chi connectivity index (χ4v) is 1.66. The zero-order valence-electron chi connectivity index (χ0n) is 9.51. The third-order valence-electron chi connectivity index (χ3n) is 2.48. The van der Waals surface area contributed by atoms with E-state index in [-0.39, 0.29) is 5.96 Å². The van der Waals surface area contributed by atoms with Gasteiger partial charge in [-0.25, -0.2) is 4.99 Å². The first-order valence-corrected chi connectivity index (χ1v) is 5.45. The summed E-state index contributed by atoms with van der Waals surface area (Å²) >= 11 is 0. The second-order valence-corrected chi connectivity index (χ2v) is 3.81. The molecule has 0 bridgehead atoms. The lowest BCUT2D eigenvalue weighted by Gasteiger charge is -2.03. The van der Waals surface area contributed by atoms with Gasteiger partial charge < -0.3 is 11.5 Å². The molecule has 0 aromatic heterocycles. The van der Waals surface area contributed by atoms with Crippen molar-refractivity contribution >= 4 is 5.96 Å². The van der Waals surface area contributed by atoms with Gasteiger partial charge in [0.15, 0.2) is 5.96 Å². The second-order valence-electron chi connectivity index (χ2n) is 3.81. The molecular formula is C14H15N3. The Kier molecular flexibility index (Phi) is 3.40. The van der Waals surface area contributed by atoms with Crippen LogP contribution in [0.15, 0.2) is 59.6 Å². The van der Waals surface area contributed by atoms with Crippen LogP contribution in [-0.2, 0) is 6.54 Å². The molecule has 0 unspecified atom stereocenters. The minimum atomic E-state index is 0.120. The highest BCUT2D eigenvalue weighted by Crippen LogP contribution is 2.20. The van der Waals surface area contributed by atoms with Crippen LogP contribution >= 0.6 is 0 Å². The molecule has 2 aromatic carbocycles. The summed E-state index contributed by atoms with van der Waals surface area (Å²) in [5.74, 6) is 0.120. The molecule has 2 aromatic rings. The Morgan fingerprint density at radius 2 is 1.59 bits per heavy atom. The predicted octanol–water partition coefficient (Wildman–Crippen LogP) is 2.13. The average molecular weight is 225 g/mol. The molecule has 17 heavy (non-hydrogen) atoms. The fraction of sp³-hybridized carbons (Fsp3) is 0.0714. The molecule has 4 N–H and O–H groups in total. The van der Waals surface area contributed by atoms with E-state index in [1.54, 1.807) is 0 Å². The van der Waals surface area contributed by atoms with Crippen molar-refractivity contribution in [1.29, 1.82) is 0 Å². The zero-order chi connectivity index (χ0) is 12.1. The smallest absolute Gasteiger partial charge is 0.186 e. The predicted molar refractivity (Wildman–Crippen MR) is 71.4 cm³/mol. The topological polar surface area (TPSA) is 64.4 Å². The summed E-state index contributed by atoms with van der Waals surface area (Å²) in [6, 6.07) is 18.4. The van der Waals surface area contributed by atoms with Crippen molar-refractivity contribution in [2.24, 2.45) is 16.5 Å². The van der Waals surface area contributed by atoms with Crippen LogP contribution in [0.1, 0.15) is 5.56 Å². The van der Waals surface area contributed by atoms with E-state index in [1.807, 2.05) is 30.3 Å². The maximum atomic E-state index is 5.32. The summed E-state index contributed by atoms with van der Waals surface area (Å²) in [6.45, 7) is 0.517. The standard InChI is InChI=1S/C14H15N3/c15-14(16)17-10-11-5-4-8-13(9-11)12-6-2-1-3-7-12/h1-9H,10H2,(H4,15,16,17). The van der Waals surface area contributed by atoms with Gasteiger partial charge in [-0.05, 0) is 22.8 Å². The van der Waals surface area contributed by atoms with Crippen LogP contribution in [0, 0.1) is 0 Å². The number of guanidine groups is 1. The molecule has 86 valence electrons. The van der Waals surface area contributed by atoms with Crippen molar-refractivity contribution in [3.63, 3.8) is 0 Å². The molecule has 0 heterocycles. The highest BCUT2D eigenvalue weighted by atomic mass is 15.0. The van der Waals surface area contributed by atoms with Gasteiger partial charge in [0.05, 0.1) is 6.54 Å². The Bertz CT molecular complexity index is 514. The molecule has 3 heteroatoms. The molecule has 0 aliphatic heterocycles. The van der Waals surface area contributed by atoms with Gasteiger partial charge in [0.1, 0.15) is 0 Å². The number of nitrogens with two attached hydrogens (primary N) is 2. The van der Waals surface area contributed by atoms with Crippen LogP contribution in [0.4, 0.5) is 0 Å². The SMILES string of the molecule is NC(N)=NCc1cccc(-c2ccccc2)c1. The van der Waals surface area contributed by atoms with E-state index >= 15 is 0 Å². The third-order valence-corrected chi connectivity index (χ3v) is 2.48. The molecule has 0 saturated heterocycles. The third kappa shape index (κ3) is 3.08. The van der Waals surface area contributed by atoms with Crippen molar-refractivity contribution in [3.8, 4) is 11.1 Å². The van der Waals surface area contributed by atoms with Gasteiger partial charge in [0, 0.05) is 0 Å². The molecule has 0 saturated carbocycles. The largest absolute Gasteiger partial charge is 0.370 e. The normalized spacial score (nSPS) is 9.88. The molecular weight excluding hydrogens is 210 g/mol. The number of rotatable bonds is 3. The Morgan fingerprint density at radius 3 is 2.29 bits per heavy atom. The molecule has 0 amide bonds.